The van der Waals surface area contributed by atoms with E-state index in [9.17, 15) is 9.59 Å². The van der Waals surface area contributed by atoms with Crippen molar-refractivity contribution in [3.8, 4) is 0 Å². The molecule has 1 aromatic carbocycles. The van der Waals surface area contributed by atoms with Crippen LogP contribution in [0.3, 0.4) is 0 Å². The molecule has 18 heavy (non-hydrogen) atoms. The van der Waals surface area contributed by atoms with Gasteiger partial charge < -0.3 is 10.0 Å². The number of likely N-dealkylation sites (N-methyl/N-ethyl adjacent to an activating group) is 1. The van der Waals surface area contributed by atoms with E-state index in [0.717, 1.165) is 16.7 Å². The molecule has 0 atom stereocenters. The molecular formula is C14H19NO3. The first-order valence-corrected chi connectivity index (χ1v) is 5.91. The molecule has 0 heterocycles. The van der Waals surface area contributed by atoms with Crippen LogP contribution in [0.4, 0.5) is 0 Å². The number of carboxylic acid groups (broad SMARTS) is 1. The maximum absolute atomic E-state index is 11.9. The Labute approximate surface area is 107 Å². The molecule has 1 aromatic rings. The summed E-state index contributed by atoms with van der Waals surface area (Å²) in [6, 6.07) is 6.02. The maximum atomic E-state index is 11.9. The minimum absolute atomic E-state index is 0.0188. The highest BCUT2D eigenvalue weighted by atomic mass is 16.4. The molecule has 0 spiro atoms. The van der Waals surface area contributed by atoms with Crippen LogP contribution in [-0.4, -0.2) is 35.5 Å². The molecule has 0 bridgehead atoms. The minimum atomic E-state index is -0.888. The Morgan fingerprint density at radius 3 is 2.22 bits per heavy atom. The summed E-state index contributed by atoms with van der Waals surface area (Å²) in [4.78, 5) is 23.8. The van der Waals surface area contributed by atoms with Gasteiger partial charge in [0.15, 0.2) is 0 Å². The third kappa shape index (κ3) is 4.57. The van der Waals surface area contributed by atoms with Crippen LogP contribution in [-0.2, 0) is 16.0 Å². The Hall–Kier alpha value is -1.84. The third-order valence-electron chi connectivity index (χ3n) is 2.72. The zero-order chi connectivity index (χ0) is 13.7. The van der Waals surface area contributed by atoms with Crippen molar-refractivity contribution in [2.45, 2.75) is 26.7 Å². The molecule has 0 aromatic heterocycles. The molecule has 0 fully saturated rings. The first-order valence-electron chi connectivity index (χ1n) is 5.91. The summed E-state index contributed by atoms with van der Waals surface area (Å²) in [5.74, 6) is -0.942. The highest BCUT2D eigenvalue weighted by molar-refractivity contribution is 5.79. The molecule has 0 radical (unpaired) electrons. The van der Waals surface area contributed by atoms with Crippen LogP contribution < -0.4 is 0 Å². The maximum Gasteiger partial charge on any atom is 0.305 e. The molecule has 0 saturated heterocycles. The first-order chi connectivity index (χ1) is 8.38. The smallest absolute Gasteiger partial charge is 0.305 e. The molecular weight excluding hydrogens is 230 g/mol. The lowest BCUT2D eigenvalue weighted by molar-refractivity contribution is -0.138. The predicted octanol–water partition coefficient (Wildman–Crippen LogP) is 1.78. The summed E-state index contributed by atoms with van der Waals surface area (Å²) in [6.07, 6.45) is 0.299. The number of amides is 1. The van der Waals surface area contributed by atoms with Crippen LogP contribution in [0, 0.1) is 13.8 Å². The number of nitrogens with zero attached hydrogens (tertiary/aromatic N) is 1. The van der Waals surface area contributed by atoms with Crippen LogP contribution in [0.25, 0.3) is 0 Å². The molecule has 1 N–H and O–H groups in total. The van der Waals surface area contributed by atoms with Crippen molar-refractivity contribution >= 4 is 11.9 Å². The van der Waals surface area contributed by atoms with Crippen LogP contribution in [0.5, 0.6) is 0 Å². The predicted molar refractivity (Wildman–Crippen MR) is 69.5 cm³/mol. The fourth-order valence-electron chi connectivity index (χ4n) is 1.87. The second-order valence-electron chi connectivity index (χ2n) is 4.63. The topological polar surface area (TPSA) is 57.6 Å². The van der Waals surface area contributed by atoms with Crippen LogP contribution in [0.2, 0.25) is 0 Å². The highest BCUT2D eigenvalue weighted by Gasteiger charge is 2.11. The van der Waals surface area contributed by atoms with E-state index in [-0.39, 0.29) is 18.9 Å². The molecule has 98 valence electrons. The summed E-state index contributed by atoms with van der Waals surface area (Å²) < 4.78 is 0. The number of hydrogen-bond acceptors (Lipinski definition) is 2. The van der Waals surface area contributed by atoms with Gasteiger partial charge in [0.25, 0.3) is 0 Å². The van der Waals surface area contributed by atoms with E-state index in [2.05, 4.69) is 6.07 Å². The Morgan fingerprint density at radius 1 is 1.17 bits per heavy atom. The number of rotatable bonds is 5. The number of aliphatic carboxylic acids is 1. The Balaban J connectivity index is 2.60. The van der Waals surface area contributed by atoms with E-state index in [1.807, 2.05) is 26.0 Å². The average Bonchev–Trinajstić information content (AvgIpc) is 2.24. The summed E-state index contributed by atoms with van der Waals surface area (Å²) in [7, 11) is 1.63. The highest BCUT2D eigenvalue weighted by Crippen LogP contribution is 2.10. The standard InChI is InChI=1S/C14H19NO3/c1-10-6-11(2)8-12(7-10)9-13(16)15(3)5-4-14(17)18/h6-8H,4-5,9H2,1-3H3,(H,17,18). The van der Waals surface area contributed by atoms with Crippen molar-refractivity contribution in [3.63, 3.8) is 0 Å². The van der Waals surface area contributed by atoms with Gasteiger partial charge in [-0.15, -0.1) is 0 Å². The SMILES string of the molecule is Cc1cc(C)cc(CC(=O)N(C)CCC(=O)O)c1. The van der Waals surface area contributed by atoms with Crippen LogP contribution in [0.15, 0.2) is 18.2 Å². The number of carbonyl (C=O) groups is 2. The monoisotopic (exact) mass is 249 g/mol. The fraction of sp³-hybridized carbons (Fsp3) is 0.429. The van der Waals surface area contributed by atoms with E-state index in [0.29, 0.717) is 6.42 Å². The van der Waals surface area contributed by atoms with Crippen LogP contribution in [0.1, 0.15) is 23.1 Å². The van der Waals surface area contributed by atoms with E-state index in [1.165, 1.54) is 4.90 Å². The Kier molecular flexibility index (Phi) is 4.89. The van der Waals surface area contributed by atoms with Crippen molar-refractivity contribution in [2.75, 3.05) is 13.6 Å². The van der Waals surface area contributed by atoms with Gasteiger partial charge in [-0.2, -0.15) is 0 Å². The van der Waals surface area contributed by atoms with Gasteiger partial charge in [0.05, 0.1) is 12.8 Å². The second-order valence-corrected chi connectivity index (χ2v) is 4.63. The largest absolute Gasteiger partial charge is 0.481 e. The van der Waals surface area contributed by atoms with Gasteiger partial charge in [-0.3, -0.25) is 9.59 Å². The lowest BCUT2D eigenvalue weighted by atomic mass is 10.0. The second kappa shape index (κ2) is 6.19. The molecule has 0 aliphatic carbocycles. The number of benzene rings is 1. The van der Waals surface area contributed by atoms with Gasteiger partial charge in [-0.25, -0.2) is 0 Å². The summed E-state index contributed by atoms with van der Waals surface area (Å²) in [5, 5.41) is 8.57. The number of hydrogen-bond donors (Lipinski definition) is 1. The number of carbonyl (C=O) groups excluding carboxylic acids is 1. The van der Waals surface area contributed by atoms with Crippen molar-refractivity contribution < 1.29 is 14.7 Å². The van der Waals surface area contributed by atoms with E-state index >= 15 is 0 Å². The molecule has 4 heteroatoms. The van der Waals surface area contributed by atoms with Gasteiger partial charge in [-0.1, -0.05) is 29.3 Å². The quantitative estimate of drug-likeness (QED) is 0.865. The lowest BCUT2D eigenvalue weighted by Crippen LogP contribution is -2.30. The summed E-state index contributed by atoms with van der Waals surface area (Å²) in [6.45, 7) is 4.24. The zero-order valence-electron chi connectivity index (χ0n) is 11.1. The molecule has 1 amide bonds. The lowest BCUT2D eigenvalue weighted by Gasteiger charge is -2.16. The van der Waals surface area contributed by atoms with Gasteiger partial charge in [0.1, 0.15) is 0 Å². The molecule has 4 nitrogen and oxygen atoms in total. The third-order valence-corrected chi connectivity index (χ3v) is 2.72. The summed E-state index contributed by atoms with van der Waals surface area (Å²) >= 11 is 0. The zero-order valence-corrected chi connectivity index (χ0v) is 11.1. The van der Waals surface area contributed by atoms with E-state index in [4.69, 9.17) is 5.11 Å². The van der Waals surface area contributed by atoms with Crippen molar-refractivity contribution in [1.29, 1.82) is 0 Å². The van der Waals surface area contributed by atoms with Crippen molar-refractivity contribution in [2.24, 2.45) is 0 Å². The van der Waals surface area contributed by atoms with Crippen molar-refractivity contribution in [1.82, 2.24) is 4.90 Å². The van der Waals surface area contributed by atoms with E-state index < -0.39 is 5.97 Å². The molecule has 0 saturated carbocycles. The van der Waals surface area contributed by atoms with E-state index in [1.54, 1.807) is 7.05 Å². The first kappa shape index (κ1) is 14.2. The van der Waals surface area contributed by atoms with Gasteiger partial charge in [0, 0.05) is 13.6 Å². The molecule has 0 unspecified atom stereocenters. The normalized spacial score (nSPS) is 10.2. The van der Waals surface area contributed by atoms with Crippen molar-refractivity contribution in [3.05, 3.63) is 34.9 Å². The molecule has 1 rings (SSSR count). The van der Waals surface area contributed by atoms with Gasteiger partial charge in [0.2, 0.25) is 5.91 Å². The van der Waals surface area contributed by atoms with Gasteiger partial charge >= 0.3 is 5.97 Å². The average molecular weight is 249 g/mol. The summed E-state index contributed by atoms with van der Waals surface area (Å²) in [5.41, 5.74) is 3.23. The minimum Gasteiger partial charge on any atom is -0.481 e. The van der Waals surface area contributed by atoms with Gasteiger partial charge in [-0.05, 0) is 19.4 Å². The fourth-order valence-corrected chi connectivity index (χ4v) is 1.87. The molecule has 0 aliphatic heterocycles. The van der Waals surface area contributed by atoms with Crippen LogP contribution >= 0.6 is 0 Å². The Morgan fingerprint density at radius 2 is 1.72 bits per heavy atom. The number of aryl methyl sites for hydroxylation is 2. The Bertz CT molecular complexity index is 434. The number of carboxylic acids is 1. The molecule has 0 aliphatic rings.